The second-order valence-electron chi connectivity index (χ2n) is 10.1. The Hall–Kier alpha value is -0.460. The zero-order valence-corrected chi connectivity index (χ0v) is 18.2. The first-order valence-electron chi connectivity index (χ1n) is 11.2. The number of aliphatic hydroxyl groups is 3. The van der Waals surface area contributed by atoms with E-state index in [2.05, 4.69) is 24.8 Å². The summed E-state index contributed by atoms with van der Waals surface area (Å²) in [5.74, 6) is 0.151. The molecule has 0 unspecified atom stereocenters. The number of rotatable bonds is 5. The molecule has 1 heterocycles. The Morgan fingerprint density at radius 3 is 2.43 bits per heavy atom. The highest BCUT2D eigenvalue weighted by Gasteiger charge is 2.62. The normalized spacial score (nSPS) is 42.8. The molecule has 0 aromatic rings. The van der Waals surface area contributed by atoms with E-state index in [1.807, 2.05) is 6.92 Å². The molecule has 3 rings (SSSR count). The van der Waals surface area contributed by atoms with E-state index in [4.69, 9.17) is 4.74 Å². The molecule has 0 amide bonds. The minimum atomic E-state index is -1.14. The molecule has 0 aromatic heterocycles. The van der Waals surface area contributed by atoms with Crippen molar-refractivity contribution in [3.05, 3.63) is 11.6 Å². The average Bonchev–Trinajstić information content (AvgIpc) is 2.63. The van der Waals surface area contributed by atoms with Crippen molar-refractivity contribution >= 4 is 0 Å². The maximum absolute atomic E-state index is 11.8. The smallest absolute Gasteiger partial charge is 0.0914 e. The molecule has 0 aromatic carbocycles. The zero-order valence-electron chi connectivity index (χ0n) is 18.2. The highest BCUT2D eigenvalue weighted by atomic mass is 16.5. The molecule has 0 bridgehead atoms. The lowest BCUT2D eigenvalue weighted by Crippen LogP contribution is -2.75. The van der Waals surface area contributed by atoms with Gasteiger partial charge in [0.05, 0.1) is 23.4 Å². The van der Waals surface area contributed by atoms with E-state index >= 15 is 0 Å². The standard InChI is InChI=1S/C23H41NO4/c1-16(2)10-11-19-22(3,26)21-20(28-4)18(25)12-13-23(21,27)15-24(19)14-17-8-6-5-7-9-17/h10,17-21,25-27H,5-9,11-15H2,1-4H3/t18-,19+,20-,21-,22+,23+/m1/s1. The fourth-order valence-electron chi connectivity index (χ4n) is 6.26. The van der Waals surface area contributed by atoms with Gasteiger partial charge in [-0.15, -0.1) is 0 Å². The molecule has 5 nitrogen and oxygen atoms in total. The Kier molecular flexibility index (Phi) is 6.93. The predicted octanol–water partition coefficient (Wildman–Crippen LogP) is 2.88. The Balaban J connectivity index is 1.92. The van der Waals surface area contributed by atoms with Crippen LogP contribution in [0.5, 0.6) is 0 Å². The Bertz CT molecular complexity index is 553. The van der Waals surface area contributed by atoms with Crippen LogP contribution in [0.1, 0.15) is 72.1 Å². The van der Waals surface area contributed by atoms with E-state index in [-0.39, 0.29) is 6.04 Å². The summed E-state index contributed by atoms with van der Waals surface area (Å²) in [5, 5.41) is 34.0. The van der Waals surface area contributed by atoms with Crippen LogP contribution in [-0.4, -0.2) is 69.9 Å². The van der Waals surface area contributed by atoms with Crippen LogP contribution in [0.3, 0.4) is 0 Å². The van der Waals surface area contributed by atoms with Gasteiger partial charge in [-0.1, -0.05) is 30.9 Å². The summed E-state index contributed by atoms with van der Waals surface area (Å²) in [5.41, 5.74) is -0.934. The van der Waals surface area contributed by atoms with Gasteiger partial charge in [0.15, 0.2) is 0 Å². The third-order valence-corrected chi connectivity index (χ3v) is 7.62. The second kappa shape index (κ2) is 8.73. The molecule has 1 saturated heterocycles. The number of fused-ring (bicyclic) bond motifs is 1. The molecule has 3 N–H and O–H groups in total. The molecule has 0 spiro atoms. The van der Waals surface area contributed by atoms with Crippen molar-refractivity contribution in [1.82, 2.24) is 4.90 Å². The van der Waals surface area contributed by atoms with Crippen molar-refractivity contribution in [2.24, 2.45) is 11.8 Å². The van der Waals surface area contributed by atoms with Crippen molar-refractivity contribution in [3.8, 4) is 0 Å². The maximum atomic E-state index is 11.8. The lowest BCUT2D eigenvalue weighted by atomic mass is 9.59. The second-order valence-corrected chi connectivity index (χ2v) is 10.1. The molecule has 6 atom stereocenters. The molecule has 5 heteroatoms. The fourth-order valence-corrected chi connectivity index (χ4v) is 6.26. The summed E-state index contributed by atoms with van der Waals surface area (Å²) >= 11 is 0. The Morgan fingerprint density at radius 2 is 1.82 bits per heavy atom. The van der Waals surface area contributed by atoms with Gasteiger partial charge in [0.2, 0.25) is 0 Å². The van der Waals surface area contributed by atoms with E-state index in [1.54, 1.807) is 7.11 Å². The number of methoxy groups -OCH3 is 1. The first-order chi connectivity index (χ1) is 13.2. The SMILES string of the molecule is CO[C@@H]1[C@H](O)CC[C@]2(O)CN(CC3CCCCC3)[C@@H](CC=C(C)C)[C@](C)(O)[C@@H]12. The van der Waals surface area contributed by atoms with Crippen LogP contribution in [0.15, 0.2) is 11.6 Å². The van der Waals surface area contributed by atoms with Crippen LogP contribution in [-0.2, 0) is 4.74 Å². The minimum absolute atomic E-state index is 0.0856. The highest BCUT2D eigenvalue weighted by molar-refractivity contribution is 5.16. The Labute approximate surface area is 170 Å². The van der Waals surface area contributed by atoms with E-state index in [0.29, 0.717) is 25.3 Å². The quantitative estimate of drug-likeness (QED) is 0.624. The molecule has 28 heavy (non-hydrogen) atoms. The number of piperidine rings is 1. The number of ether oxygens (including phenoxy) is 1. The predicted molar refractivity (Wildman–Crippen MR) is 111 cm³/mol. The van der Waals surface area contributed by atoms with Crippen LogP contribution in [0.2, 0.25) is 0 Å². The van der Waals surface area contributed by atoms with Gasteiger partial charge >= 0.3 is 0 Å². The number of β-amino-alcohol motifs (C(OH)–C–C–N with tert-alkyl or cyclic N) is 1. The van der Waals surface area contributed by atoms with Gasteiger partial charge in [-0.2, -0.15) is 0 Å². The van der Waals surface area contributed by atoms with Crippen LogP contribution in [0.4, 0.5) is 0 Å². The summed E-state index contributed by atoms with van der Waals surface area (Å²) in [4.78, 5) is 2.36. The first-order valence-corrected chi connectivity index (χ1v) is 11.2. The lowest BCUT2D eigenvalue weighted by Gasteiger charge is -2.61. The molecule has 2 saturated carbocycles. The summed E-state index contributed by atoms with van der Waals surface area (Å²) in [6.45, 7) is 7.51. The average molecular weight is 396 g/mol. The van der Waals surface area contributed by atoms with Crippen molar-refractivity contribution in [2.75, 3.05) is 20.2 Å². The molecule has 2 aliphatic carbocycles. The summed E-state index contributed by atoms with van der Waals surface area (Å²) in [6.07, 6.45) is 9.18. The van der Waals surface area contributed by atoms with Crippen molar-refractivity contribution in [2.45, 2.75) is 102 Å². The van der Waals surface area contributed by atoms with E-state index < -0.39 is 29.3 Å². The van der Waals surface area contributed by atoms with Gasteiger partial charge < -0.3 is 20.1 Å². The fraction of sp³-hybridized carbons (Fsp3) is 0.913. The van der Waals surface area contributed by atoms with Crippen LogP contribution in [0.25, 0.3) is 0 Å². The van der Waals surface area contributed by atoms with E-state index in [9.17, 15) is 15.3 Å². The molecular formula is C23H41NO4. The lowest BCUT2D eigenvalue weighted by molar-refractivity contribution is -0.266. The summed E-state index contributed by atoms with van der Waals surface area (Å²) in [7, 11) is 1.58. The topological polar surface area (TPSA) is 73.2 Å². The number of nitrogens with zero attached hydrogens (tertiary/aromatic N) is 1. The molecule has 0 radical (unpaired) electrons. The van der Waals surface area contributed by atoms with Gasteiger partial charge in [0.1, 0.15) is 0 Å². The van der Waals surface area contributed by atoms with Crippen LogP contribution >= 0.6 is 0 Å². The third-order valence-electron chi connectivity index (χ3n) is 7.62. The molecule has 1 aliphatic heterocycles. The monoisotopic (exact) mass is 395 g/mol. The van der Waals surface area contributed by atoms with Crippen molar-refractivity contribution in [1.29, 1.82) is 0 Å². The zero-order chi connectivity index (χ0) is 20.5. The number of likely N-dealkylation sites (tertiary alicyclic amines) is 1. The van der Waals surface area contributed by atoms with E-state index in [0.717, 1.165) is 13.0 Å². The minimum Gasteiger partial charge on any atom is -0.390 e. The van der Waals surface area contributed by atoms with E-state index in [1.165, 1.54) is 37.7 Å². The number of hydrogen-bond donors (Lipinski definition) is 3. The third kappa shape index (κ3) is 4.34. The highest BCUT2D eigenvalue weighted by Crippen LogP contribution is 2.49. The Morgan fingerprint density at radius 1 is 1.14 bits per heavy atom. The van der Waals surface area contributed by atoms with Crippen LogP contribution in [0, 0.1) is 11.8 Å². The number of allylic oxidation sites excluding steroid dienone is 1. The van der Waals surface area contributed by atoms with Gasteiger partial charge in [-0.3, -0.25) is 4.90 Å². The molecule has 3 aliphatic rings. The van der Waals surface area contributed by atoms with Gasteiger partial charge in [-0.05, 0) is 58.8 Å². The van der Waals surface area contributed by atoms with Gasteiger partial charge in [0.25, 0.3) is 0 Å². The van der Waals surface area contributed by atoms with Gasteiger partial charge in [-0.25, -0.2) is 0 Å². The summed E-state index contributed by atoms with van der Waals surface area (Å²) in [6, 6.07) is -0.0856. The number of hydrogen-bond acceptors (Lipinski definition) is 5. The first kappa shape index (κ1) is 22.2. The molecular weight excluding hydrogens is 354 g/mol. The molecule has 3 fully saturated rings. The van der Waals surface area contributed by atoms with Crippen molar-refractivity contribution in [3.63, 3.8) is 0 Å². The number of aliphatic hydroxyl groups excluding tert-OH is 1. The van der Waals surface area contributed by atoms with Crippen LogP contribution < -0.4 is 0 Å². The van der Waals surface area contributed by atoms with Gasteiger partial charge in [0, 0.05) is 32.2 Å². The molecule has 162 valence electrons. The summed E-state index contributed by atoms with van der Waals surface area (Å²) < 4.78 is 5.63. The van der Waals surface area contributed by atoms with Crippen molar-refractivity contribution < 1.29 is 20.1 Å². The largest absolute Gasteiger partial charge is 0.390 e. The maximum Gasteiger partial charge on any atom is 0.0914 e.